The molecule has 1 aliphatic rings. The Kier molecular flexibility index (Phi) is 6.85. The van der Waals surface area contributed by atoms with Gasteiger partial charge in [-0.1, -0.05) is 92.7 Å². The van der Waals surface area contributed by atoms with Crippen molar-refractivity contribution in [1.29, 1.82) is 0 Å². The first-order valence-corrected chi connectivity index (χ1v) is 11.0. The summed E-state index contributed by atoms with van der Waals surface area (Å²) in [5.74, 6) is 0.465. The Bertz CT molecular complexity index is 1060. The molecular weight excluding hydrogens is 398 g/mol. The van der Waals surface area contributed by atoms with Crippen LogP contribution in [0.25, 0.3) is 0 Å². The van der Waals surface area contributed by atoms with Crippen LogP contribution >= 0.6 is 0 Å². The molecule has 164 valence electrons. The van der Waals surface area contributed by atoms with Crippen molar-refractivity contribution < 1.29 is 9.53 Å². The van der Waals surface area contributed by atoms with Gasteiger partial charge in [-0.05, 0) is 17.5 Å². The van der Waals surface area contributed by atoms with Gasteiger partial charge in [-0.25, -0.2) is 4.79 Å². The molecule has 4 rings (SSSR count). The number of fused-ring (bicyclic) bond motifs is 1. The molecule has 3 aromatic carbocycles. The van der Waals surface area contributed by atoms with Gasteiger partial charge in [-0.15, -0.1) is 0 Å². The van der Waals surface area contributed by atoms with Gasteiger partial charge in [0.25, 0.3) is 0 Å². The van der Waals surface area contributed by atoms with Crippen LogP contribution in [0, 0.1) is 5.92 Å². The highest BCUT2D eigenvalue weighted by Gasteiger charge is 2.26. The number of alkyl carbamates (subject to hydrolysis) is 1. The molecule has 1 N–H and O–H groups in total. The third-order valence-corrected chi connectivity index (χ3v) is 5.31. The molecule has 5 nitrogen and oxygen atoms in total. The molecule has 1 heterocycles. The first kappa shape index (κ1) is 21.6. The Morgan fingerprint density at radius 2 is 1.66 bits per heavy atom. The van der Waals surface area contributed by atoms with Crippen LogP contribution in [0.4, 0.5) is 10.5 Å². The zero-order valence-electron chi connectivity index (χ0n) is 18.6. The lowest BCUT2D eigenvalue weighted by Crippen LogP contribution is -2.43. The molecule has 0 bridgehead atoms. The third-order valence-electron chi connectivity index (χ3n) is 5.31. The van der Waals surface area contributed by atoms with E-state index in [0.29, 0.717) is 12.5 Å². The second-order valence-electron chi connectivity index (χ2n) is 8.38. The van der Waals surface area contributed by atoms with E-state index in [1.807, 2.05) is 54.6 Å². The number of anilines is 1. The summed E-state index contributed by atoms with van der Waals surface area (Å²) in [4.78, 5) is 19.9. The zero-order chi connectivity index (χ0) is 22.3. The molecule has 32 heavy (non-hydrogen) atoms. The van der Waals surface area contributed by atoms with Crippen molar-refractivity contribution >= 4 is 17.5 Å². The summed E-state index contributed by atoms with van der Waals surface area (Å²) in [5, 5.41) is 2.98. The van der Waals surface area contributed by atoms with Crippen LogP contribution in [0.15, 0.2) is 89.9 Å². The number of benzodiazepines with no additional fused rings is 1. The number of nitrogens with one attached hydrogen (secondary N) is 1. The number of amides is 1. The fourth-order valence-corrected chi connectivity index (χ4v) is 3.94. The first-order valence-electron chi connectivity index (χ1n) is 11.0. The number of para-hydroxylation sites is 1. The van der Waals surface area contributed by atoms with Crippen molar-refractivity contribution in [2.45, 2.75) is 26.6 Å². The lowest BCUT2D eigenvalue weighted by molar-refractivity contribution is 0.136. The van der Waals surface area contributed by atoms with Gasteiger partial charge in [0.2, 0.25) is 0 Å². The third kappa shape index (κ3) is 5.35. The van der Waals surface area contributed by atoms with E-state index in [2.05, 4.69) is 54.4 Å². The van der Waals surface area contributed by atoms with Gasteiger partial charge >= 0.3 is 6.09 Å². The van der Waals surface area contributed by atoms with Crippen LogP contribution in [0.2, 0.25) is 0 Å². The Labute approximate surface area is 189 Å². The Morgan fingerprint density at radius 1 is 1.00 bits per heavy atom. The van der Waals surface area contributed by atoms with Crippen LogP contribution in [0.3, 0.4) is 0 Å². The zero-order valence-corrected chi connectivity index (χ0v) is 18.6. The maximum atomic E-state index is 12.6. The molecule has 0 aromatic heterocycles. The summed E-state index contributed by atoms with van der Waals surface area (Å²) in [6.45, 7) is 6.06. The lowest BCUT2D eigenvalue weighted by Gasteiger charge is -2.29. The summed E-state index contributed by atoms with van der Waals surface area (Å²) in [6.07, 6.45) is -0.898. The number of hydrogen-bond donors (Lipinski definition) is 1. The van der Waals surface area contributed by atoms with E-state index >= 15 is 0 Å². The number of ether oxygens (including phenoxy) is 1. The minimum absolute atomic E-state index is 0.227. The molecule has 0 radical (unpaired) electrons. The average molecular weight is 428 g/mol. The van der Waals surface area contributed by atoms with E-state index in [4.69, 9.17) is 9.73 Å². The van der Waals surface area contributed by atoms with E-state index in [1.54, 1.807) is 0 Å². The maximum absolute atomic E-state index is 12.6. The molecule has 1 atom stereocenters. The summed E-state index contributed by atoms with van der Waals surface area (Å²) in [7, 11) is 0. The Morgan fingerprint density at radius 3 is 2.38 bits per heavy atom. The topological polar surface area (TPSA) is 53.9 Å². The fraction of sp³-hybridized carbons (Fsp3) is 0.259. The molecule has 1 amide bonds. The number of nitrogens with zero attached hydrogens (tertiary/aromatic N) is 2. The smallest absolute Gasteiger partial charge is 0.409 e. The average Bonchev–Trinajstić information content (AvgIpc) is 2.96. The quantitative estimate of drug-likeness (QED) is 0.584. The van der Waals surface area contributed by atoms with Crippen molar-refractivity contribution in [2.75, 3.05) is 18.0 Å². The first-order chi connectivity index (χ1) is 15.6. The van der Waals surface area contributed by atoms with Gasteiger partial charge in [-0.3, -0.25) is 10.3 Å². The second-order valence-corrected chi connectivity index (χ2v) is 8.38. The number of benzene rings is 3. The molecule has 0 aliphatic carbocycles. The summed E-state index contributed by atoms with van der Waals surface area (Å²) < 4.78 is 5.47. The molecular formula is C27H29N3O2. The highest BCUT2D eigenvalue weighted by atomic mass is 16.5. The van der Waals surface area contributed by atoms with Crippen molar-refractivity contribution in [2.24, 2.45) is 10.9 Å². The molecule has 3 aromatic rings. The Hall–Kier alpha value is -3.60. The SMILES string of the molecule is CC(C)CN1CC(NC(=O)OCc2ccccc2)N=C(c2ccccc2)c2ccccc21. The molecule has 1 unspecified atom stereocenters. The van der Waals surface area contributed by atoms with Gasteiger partial charge in [0.05, 0.1) is 12.3 Å². The van der Waals surface area contributed by atoms with Crippen molar-refractivity contribution in [3.8, 4) is 0 Å². The highest BCUT2D eigenvalue weighted by Crippen LogP contribution is 2.28. The van der Waals surface area contributed by atoms with Gasteiger partial charge < -0.3 is 9.64 Å². The van der Waals surface area contributed by atoms with E-state index in [0.717, 1.165) is 34.6 Å². The molecule has 5 heteroatoms. The normalized spacial score (nSPS) is 15.5. The van der Waals surface area contributed by atoms with E-state index in [-0.39, 0.29) is 6.61 Å². The van der Waals surface area contributed by atoms with E-state index < -0.39 is 12.3 Å². The maximum Gasteiger partial charge on any atom is 0.409 e. The summed E-state index contributed by atoms with van der Waals surface area (Å²) in [5.41, 5.74) is 5.05. The number of aliphatic imine (C=N–C) groups is 1. The second kappa shape index (κ2) is 10.1. The molecule has 0 fully saturated rings. The summed E-state index contributed by atoms with van der Waals surface area (Å²) >= 11 is 0. The van der Waals surface area contributed by atoms with E-state index in [9.17, 15) is 4.79 Å². The number of carbonyl (C=O) groups excluding carboxylic acids is 1. The summed E-state index contributed by atoms with van der Waals surface area (Å²) in [6, 6.07) is 28.1. The van der Waals surface area contributed by atoms with Crippen LogP contribution in [0.5, 0.6) is 0 Å². The van der Waals surface area contributed by atoms with Crippen LogP contribution in [-0.2, 0) is 11.3 Å². The van der Waals surface area contributed by atoms with Crippen molar-refractivity contribution in [3.63, 3.8) is 0 Å². The monoisotopic (exact) mass is 427 g/mol. The van der Waals surface area contributed by atoms with Crippen LogP contribution in [0.1, 0.15) is 30.5 Å². The number of rotatable bonds is 6. The van der Waals surface area contributed by atoms with Gasteiger partial charge in [0, 0.05) is 23.4 Å². The number of carbonyl (C=O) groups is 1. The molecule has 1 aliphatic heterocycles. The van der Waals surface area contributed by atoms with E-state index in [1.165, 1.54) is 0 Å². The Balaban J connectivity index is 1.61. The van der Waals surface area contributed by atoms with Gasteiger partial charge in [-0.2, -0.15) is 0 Å². The van der Waals surface area contributed by atoms with Crippen LogP contribution < -0.4 is 10.2 Å². The minimum Gasteiger partial charge on any atom is -0.445 e. The van der Waals surface area contributed by atoms with Gasteiger partial charge in [0.15, 0.2) is 0 Å². The minimum atomic E-state index is -0.467. The lowest BCUT2D eigenvalue weighted by atomic mass is 10.00. The highest BCUT2D eigenvalue weighted by molar-refractivity contribution is 6.16. The number of hydrogen-bond acceptors (Lipinski definition) is 4. The standard InChI is InChI=1S/C27H29N3O2/c1-20(2)17-30-18-25(29-27(31)32-19-21-11-5-3-6-12-21)28-26(22-13-7-4-8-14-22)23-15-9-10-16-24(23)30/h3-16,20,25H,17-19H2,1-2H3,(H,29,31). The van der Waals surface area contributed by atoms with Crippen molar-refractivity contribution in [3.05, 3.63) is 102 Å². The molecule has 0 spiro atoms. The molecule has 0 saturated carbocycles. The predicted molar refractivity (Wildman–Crippen MR) is 129 cm³/mol. The fourth-order valence-electron chi connectivity index (χ4n) is 3.94. The molecule has 0 saturated heterocycles. The predicted octanol–water partition coefficient (Wildman–Crippen LogP) is 5.25. The van der Waals surface area contributed by atoms with Crippen LogP contribution in [-0.4, -0.2) is 31.1 Å². The largest absolute Gasteiger partial charge is 0.445 e. The van der Waals surface area contributed by atoms with Crippen molar-refractivity contribution in [1.82, 2.24) is 5.32 Å². The van der Waals surface area contributed by atoms with Gasteiger partial charge in [0.1, 0.15) is 12.8 Å².